The van der Waals surface area contributed by atoms with Crippen molar-refractivity contribution in [3.8, 4) is 0 Å². The van der Waals surface area contributed by atoms with Crippen molar-refractivity contribution in [1.29, 1.82) is 0 Å². The molecular formula is C14H16N2O3S. The van der Waals surface area contributed by atoms with Gasteiger partial charge in [-0.05, 0) is 12.5 Å². The summed E-state index contributed by atoms with van der Waals surface area (Å²) in [5, 5.41) is 15.0. The van der Waals surface area contributed by atoms with Crippen LogP contribution >= 0.6 is 11.8 Å². The van der Waals surface area contributed by atoms with E-state index in [4.69, 9.17) is 9.63 Å². The van der Waals surface area contributed by atoms with Crippen molar-refractivity contribution in [1.82, 2.24) is 5.16 Å². The molecule has 0 aliphatic carbocycles. The van der Waals surface area contributed by atoms with E-state index in [0.717, 1.165) is 5.56 Å². The van der Waals surface area contributed by atoms with Crippen molar-refractivity contribution in [2.24, 2.45) is 0 Å². The van der Waals surface area contributed by atoms with Gasteiger partial charge in [-0.25, -0.2) is 0 Å². The molecule has 1 amide bonds. The van der Waals surface area contributed by atoms with E-state index in [2.05, 4.69) is 10.5 Å². The van der Waals surface area contributed by atoms with Gasteiger partial charge in [0.15, 0.2) is 5.82 Å². The Balaban J connectivity index is 2.11. The molecule has 1 heterocycles. The third-order valence-electron chi connectivity index (χ3n) is 2.60. The van der Waals surface area contributed by atoms with Crippen molar-refractivity contribution < 1.29 is 14.4 Å². The first-order valence-corrected chi connectivity index (χ1v) is 7.27. The fourth-order valence-electron chi connectivity index (χ4n) is 1.74. The van der Waals surface area contributed by atoms with Crippen molar-refractivity contribution >= 4 is 23.5 Å². The molecule has 0 fully saturated rings. The molecule has 0 spiro atoms. The molecular weight excluding hydrogens is 276 g/mol. The SMILES string of the molecule is Cc1cc(NC(=O)[C@@H](SCCO)c2ccccc2)no1. The molecule has 1 aromatic carbocycles. The van der Waals surface area contributed by atoms with E-state index in [0.29, 0.717) is 17.3 Å². The zero-order chi connectivity index (χ0) is 14.4. The fourth-order valence-corrected chi connectivity index (χ4v) is 2.64. The second-order valence-corrected chi connectivity index (χ2v) is 5.41. The number of rotatable bonds is 6. The average Bonchev–Trinajstić information content (AvgIpc) is 2.86. The van der Waals surface area contributed by atoms with Crippen molar-refractivity contribution in [3.63, 3.8) is 0 Å². The van der Waals surface area contributed by atoms with Gasteiger partial charge in [-0.2, -0.15) is 0 Å². The van der Waals surface area contributed by atoms with Crippen molar-refractivity contribution in [2.75, 3.05) is 17.7 Å². The number of carbonyl (C=O) groups excluding carboxylic acids is 1. The topological polar surface area (TPSA) is 75.4 Å². The Hall–Kier alpha value is -1.79. The van der Waals surface area contributed by atoms with Crippen LogP contribution in [0, 0.1) is 6.92 Å². The number of amides is 1. The summed E-state index contributed by atoms with van der Waals surface area (Å²) < 4.78 is 4.92. The van der Waals surface area contributed by atoms with Crippen LogP contribution in [0.1, 0.15) is 16.6 Å². The molecule has 106 valence electrons. The van der Waals surface area contributed by atoms with Crippen LogP contribution in [0.2, 0.25) is 0 Å². The summed E-state index contributed by atoms with van der Waals surface area (Å²) in [4.78, 5) is 12.3. The normalized spacial score (nSPS) is 12.1. The van der Waals surface area contributed by atoms with Gasteiger partial charge in [0, 0.05) is 11.8 Å². The monoisotopic (exact) mass is 292 g/mol. The Morgan fingerprint density at radius 2 is 2.20 bits per heavy atom. The first kappa shape index (κ1) is 14.6. The number of hydrogen-bond acceptors (Lipinski definition) is 5. The minimum absolute atomic E-state index is 0.0321. The van der Waals surface area contributed by atoms with Crippen LogP contribution in [-0.4, -0.2) is 28.5 Å². The van der Waals surface area contributed by atoms with Gasteiger partial charge < -0.3 is 14.9 Å². The van der Waals surface area contributed by atoms with Gasteiger partial charge >= 0.3 is 0 Å². The van der Waals surface area contributed by atoms with E-state index in [1.165, 1.54) is 11.8 Å². The lowest BCUT2D eigenvalue weighted by Gasteiger charge is -2.15. The minimum atomic E-state index is -0.389. The fraction of sp³-hybridized carbons (Fsp3) is 0.286. The van der Waals surface area contributed by atoms with E-state index >= 15 is 0 Å². The maximum Gasteiger partial charge on any atom is 0.243 e. The molecule has 1 atom stereocenters. The number of nitrogens with one attached hydrogen (secondary N) is 1. The largest absolute Gasteiger partial charge is 0.396 e. The van der Waals surface area contributed by atoms with Gasteiger partial charge in [0.25, 0.3) is 0 Å². The van der Waals surface area contributed by atoms with Gasteiger partial charge in [0.05, 0.1) is 6.61 Å². The Labute approximate surface area is 121 Å². The Morgan fingerprint density at radius 3 is 2.80 bits per heavy atom. The molecule has 0 radical (unpaired) electrons. The molecule has 0 saturated heterocycles. The van der Waals surface area contributed by atoms with E-state index in [1.807, 2.05) is 30.3 Å². The number of nitrogens with zero attached hydrogens (tertiary/aromatic N) is 1. The van der Waals surface area contributed by atoms with Gasteiger partial charge in [-0.1, -0.05) is 35.5 Å². The standard InChI is InChI=1S/C14H16N2O3S/c1-10-9-12(16-19-10)15-14(18)13(20-8-7-17)11-5-3-2-4-6-11/h2-6,9,13,17H,7-8H2,1H3,(H,15,16,18)/t13-/m0/s1. The third-order valence-corrected chi connectivity index (χ3v) is 3.83. The van der Waals surface area contributed by atoms with E-state index < -0.39 is 0 Å². The number of aliphatic hydroxyl groups excluding tert-OH is 1. The highest BCUT2D eigenvalue weighted by Gasteiger charge is 2.21. The van der Waals surface area contributed by atoms with Crippen molar-refractivity contribution in [3.05, 3.63) is 47.7 Å². The predicted molar refractivity (Wildman–Crippen MR) is 78.6 cm³/mol. The van der Waals surface area contributed by atoms with Crippen LogP contribution in [0.4, 0.5) is 5.82 Å². The lowest BCUT2D eigenvalue weighted by Crippen LogP contribution is -2.19. The number of benzene rings is 1. The average molecular weight is 292 g/mol. The van der Waals surface area contributed by atoms with Gasteiger partial charge in [0.1, 0.15) is 11.0 Å². The smallest absolute Gasteiger partial charge is 0.243 e. The van der Waals surface area contributed by atoms with Crippen LogP contribution in [-0.2, 0) is 4.79 Å². The van der Waals surface area contributed by atoms with Crippen molar-refractivity contribution in [2.45, 2.75) is 12.2 Å². The zero-order valence-corrected chi connectivity index (χ0v) is 11.9. The van der Waals surface area contributed by atoms with E-state index in [9.17, 15) is 4.79 Å². The summed E-state index contributed by atoms with van der Waals surface area (Å²) in [6.07, 6.45) is 0. The quantitative estimate of drug-likeness (QED) is 0.855. The summed E-state index contributed by atoms with van der Waals surface area (Å²) in [5.41, 5.74) is 0.892. The number of aliphatic hydroxyl groups is 1. The number of aromatic nitrogens is 1. The maximum absolute atomic E-state index is 12.3. The Morgan fingerprint density at radius 1 is 1.45 bits per heavy atom. The number of aryl methyl sites for hydroxylation is 1. The lowest BCUT2D eigenvalue weighted by molar-refractivity contribution is -0.115. The molecule has 0 unspecified atom stereocenters. The highest BCUT2D eigenvalue weighted by atomic mass is 32.2. The Bertz CT molecular complexity index is 557. The van der Waals surface area contributed by atoms with E-state index in [1.54, 1.807) is 13.0 Å². The van der Waals surface area contributed by atoms with Crippen LogP contribution < -0.4 is 5.32 Å². The lowest BCUT2D eigenvalue weighted by atomic mass is 10.1. The summed E-state index contributed by atoms with van der Waals surface area (Å²) in [6, 6.07) is 11.1. The molecule has 6 heteroatoms. The number of carbonyl (C=O) groups is 1. The summed E-state index contributed by atoms with van der Waals surface area (Å²) >= 11 is 1.39. The maximum atomic E-state index is 12.3. The molecule has 0 aliphatic heterocycles. The third kappa shape index (κ3) is 3.85. The molecule has 2 rings (SSSR count). The van der Waals surface area contributed by atoms with E-state index in [-0.39, 0.29) is 17.8 Å². The first-order chi connectivity index (χ1) is 9.70. The van der Waals surface area contributed by atoms with Crippen LogP contribution in [0.5, 0.6) is 0 Å². The second kappa shape index (κ2) is 7.12. The molecule has 0 bridgehead atoms. The molecule has 5 nitrogen and oxygen atoms in total. The van der Waals surface area contributed by atoms with Gasteiger partial charge in [0.2, 0.25) is 5.91 Å². The molecule has 0 saturated carbocycles. The predicted octanol–water partition coefficient (Wildman–Crippen LogP) is 2.39. The molecule has 1 aromatic heterocycles. The van der Waals surface area contributed by atoms with Crippen LogP contribution in [0.25, 0.3) is 0 Å². The number of hydrogen-bond donors (Lipinski definition) is 2. The van der Waals surface area contributed by atoms with Gasteiger partial charge in [-0.3, -0.25) is 4.79 Å². The zero-order valence-electron chi connectivity index (χ0n) is 11.1. The molecule has 2 aromatic rings. The van der Waals surface area contributed by atoms with Gasteiger partial charge in [-0.15, -0.1) is 11.8 Å². The summed E-state index contributed by atoms with van der Waals surface area (Å²) in [5.74, 6) is 1.35. The summed E-state index contributed by atoms with van der Waals surface area (Å²) in [7, 11) is 0. The number of thioether (sulfide) groups is 1. The minimum Gasteiger partial charge on any atom is -0.396 e. The highest BCUT2D eigenvalue weighted by molar-refractivity contribution is 8.00. The molecule has 0 aliphatic rings. The Kier molecular flexibility index (Phi) is 5.20. The molecule has 20 heavy (non-hydrogen) atoms. The highest BCUT2D eigenvalue weighted by Crippen LogP contribution is 2.29. The first-order valence-electron chi connectivity index (χ1n) is 6.22. The van der Waals surface area contributed by atoms with Crippen LogP contribution in [0.3, 0.4) is 0 Å². The second-order valence-electron chi connectivity index (χ2n) is 4.20. The number of anilines is 1. The van der Waals surface area contributed by atoms with Crippen LogP contribution in [0.15, 0.2) is 40.9 Å². The molecule has 2 N–H and O–H groups in total. The summed E-state index contributed by atoms with van der Waals surface area (Å²) in [6.45, 7) is 1.79.